The van der Waals surface area contributed by atoms with Gasteiger partial charge in [-0.15, -0.1) is 5.10 Å². The van der Waals surface area contributed by atoms with Crippen LogP contribution in [0, 0.1) is 5.92 Å². The zero-order valence-corrected chi connectivity index (χ0v) is 18.0. The highest BCUT2D eigenvalue weighted by Crippen LogP contribution is 2.23. The molecule has 0 aliphatic heterocycles. The van der Waals surface area contributed by atoms with Crippen molar-refractivity contribution in [3.63, 3.8) is 0 Å². The average molecular weight is 424 g/mol. The minimum absolute atomic E-state index is 0.140. The summed E-state index contributed by atoms with van der Waals surface area (Å²) in [6.45, 7) is 6.28. The topological polar surface area (TPSA) is 106 Å². The number of nitrogens with zero attached hydrogens (tertiary/aromatic N) is 4. The van der Waals surface area contributed by atoms with E-state index in [1.165, 1.54) is 22.9 Å². The number of carbonyl (C=O) groups is 1. The largest absolute Gasteiger partial charge is 0.385 e. The molecule has 0 saturated heterocycles. The van der Waals surface area contributed by atoms with Crippen molar-refractivity contribution in [2.45, 2.75) is 57.4 Å². The molecule has 2 atom stereocenters. The Morgan fingerprint density at radius 2 is 2.00 bits per heavy atom. The second-order valence-electron chi connectivity index (χ2n) is 7.41. The van der Waals surface area contributed by atoms with Crippen molar-refractivity contribution in [2.24, 2.45) is 5.92 Å². The van der Waals surface area contributed by atoms with Crippen LogP contribution in [0.25, 0.3) is 11.0 Å². The van der Waals surface area contributed by atoms with Crippen molar-refractivity contribution in [3.05, 3.63) is 18.2 Å². The van der Waals surface area contributed by atoms with Gasteiger partial charge >= 0.3 is 0 Å². The minimum atomic E-state index is -3.61. The van der Waals surface area contributed by atoms with Crippen LogP contribution in [0.4, 0.5) is 0 Å². The molecule has 1 saturated carbocycles. The van der Waals surface area contributed by atoms with Crippen molar-refractivity contribution < 1.29 is 18.0 Å². The lowest BCUT2D eigenvalue weighted by Crippen LogP contribution is -2.43. The molecule has 0 bridgehead atoms. The smallest absolute Gasteiger partial charge is 0.261 e. The number of nitrogens with one attached hydrogen (secondary N) is 1. The van der Waals surface area contributed by atoms with Crippen molar-refractivity contribution in [1.82, 2.24) is 24.8 Å². The molecular formula is C19H29N5O4S. The summed E-state index contributed by atoms with van der Waals surface area (Å²) in [5, 5.41) is 10.9. The molecule has 1 aromatic carbocycles. The van der Waals surface area contributed by atoms with E-state index in [9.17, 15) is 13.2 Å². The van der Waals surface area contributed by atoms with Gasteiger partial charge in [0.1, 0.15) is 11.0 Å². The van der Waals surface area contributed by atoms with E-state index in [1.54, 1.807) is 19.9 Å². The average Bonchev–Trinajstić information content (AvgIpc) is 3.11. The number of aromatic nitrogens is 3. The standard InChI is InChI=1S/C19H29N5O4S/c1-4-23(5-2)29(26,27)15-10-11-17-18(12-15)24(22-21-17)28-13-19(25)20-16-9-7-6-8-14(16)3/h10-12,14,16H,4-9,13H2,1-3H3,(H,20,25)/t14-,16+/m0/s1. The number of benzene rings is 1. The third-order valence-corrected chi connectivity index (χ3v) is 7.55. The van der Waals surface area contributed by atoms with E-state index in [0.29, 0.717) is 30.0 Å². The molecule has 1 heterocycles. The Hall–Kier alpha value is -2.20. The number of hydrogen-bond donors (Lipinski definition) is 1. The number of amides is 1. The fourth-order valence-electron chi connectivity index (χ4n) is 3.75. The summed E-state index contributed by atoms with van der Waals surface area (Å²) in [5.41, 5.74) is 0.891. The van der Waals surface area contributed by atoms with Gasteiger partial charge in [0, 0.05) is 19.1 Å². The summed E-state index contributed by atoms with van der Waals surface area (Å²) in [6.07, 6.45) is 4.41. The second-order valence-corrected chi connectivity index (χ2v) is 9.35. The Morgan fingerprint density at radius 1 is 1.28 bits per heavy atom. The third kappa shape index (κ3) is 4.69. The van der Waals surface area contributed by atoms with Gasteiger partial charge in [0.25, 0.3) is 5.91 Å². The van der Waals surface area contributed by atoms with Crippen LogP contribution in [0.3, 0.4) is 0 Å². The van der Waals surface area contributed by atoms with Gasteiger partial charge in [0.05, 0.1) is 4.90 Å². The van der Waals surface area contributed by atoms with Crippen molar-refractivity contribution >= 4 is 27.0 Å². The van der Waals surface area contributed by atoms with Gasteiger partial charge in [-0.05, 0) is 42.2 Å². The summed E-state index contributed by atoms with van der Waals surface area (Å²) < 4.78 is 26.9. The summed E-state index contributed by atoms with van der Waals surface area (Å²) >= 11 is 0. The van der Waals surface area contributed by atoms with Gasteiger partial charge in [0.2, 0.25) is 10.0 Å². The van der Waals surface area contributed by atoms with Crippen LogP contribution in [0.5, 0.6) is 0 Å². The molecular weight excluding hydrogens is 394 g/mol. The van der Waals surface area contributed by atoms with Crippen LogP contribution in [-0.2, 0) is 14.8 Å². The molecule has 1 amide bonds. The normalized spacial score (nSPS) is 20.1. The first-order chi connectivity index (χ1) is 13.9. The van der Waals surface area contributed by atoms with Crippen molar-refractivity contribution in [1.29, 1.82) is 0 Å². The predicted molar refractivity (Wildman–Crippen MR) is 109 cm³/mol. The van der Waals surface area contributed by atoms with Crippen molar-refractivity contribution in [3.8, 4) is 0 Å². The lowest BCUT2D eigenvalue weighted by atomic mass is 9.86. The van der Waals surface area contributed by atoms with Gasteiger partial charge < -0.3 is 10.2 Å². The maximum absolute atomic E-state index is 12.8. The molecule has 3 rings (SSSR count). The molecule has 1 N–H and O–H groups in total. The Morgan fingerprint density at radius 3 is 2.69 bits per heavy atom. The van der Waals surface area contributed by atoms with Crippen LogP contribution in [0.15, 0.2) is 23.1 Å². The fraction of sp³-hybridized carbons (Fsp3) is 0.632. The Kier molecular flexibility index (Phi) is 6.74. The quantitative estimate of drug-likeness (QED) is 0.691. The number of carbonyl (C=O) groups excluding carboxylic acids is 1. The van der Waals surface area contributed by atoms with E-state index < -0.39 is 10.0 Å². The zero-order valence-electron chi connectivity index (χ0n) is 17.2. The minimum Gasteiger partial charge on any atom is -0.385 e. The highest BCUT2D eigenvalue weighted by Gasteiger charge is 2.24. The van der Waals surface area contributed by atoms with Crippen LogP contribution in [0.1, 0.15) is 46.5 Å². The lowest BCUT2D eigenvalue weighted by molar-refractivity contribution is -0.127. The molecule has 1 aliphatic rings. The number of fused-ring (bicyclic) bond motifs is 1. The van der Waals surface area contributed by atoms with Gasteiger partial charge in [-0.1, -0.05) is 38.5 Å². The Labute approximate surface area is 171 Å². The van der Waals surface area contributed by atoms with E-state index in [1.807, 2.05) is 0 Å². The van der Waals surface area contributed by atoms with Crippen LogP contribution < -0.4 is 10.2 Å². The first kappa shape index (κ1) is 21.5. The van der Waals surface area contributed by atoms with Crippen LogP contribution >= 0.6 is 0 Å². The highest BCUT2D eigenvalue weighted by molar-refractivity contribution is 7.89. The van der Waals surface area contributed by atoms with E-state index in [-0.39, 0.29) is 23.5 Å². The van der Waals surface area contributed by atoms with Crippen LogP contribution in [-0.4, -0.2) is 59.5 Å². The third-order valence-electron chi connectivity index (χ3n) is 5.51. The maximum Gasteiger partial charge on any atom is 0.261 e. The number of sulfonamides is 1. The molecule has 160 valence electrons. The van der Waals surface area contributed by atoms with Gasteiger partial charge in [-0.3, -0.25) is 4.79 Å². The van der Waals surface area contributed by atoms with E-state index in [4.69, 9.17) is 4.84 Å². The molecule has 9 nitrogen and oxygen atoms in total. The monoisotopic (exact) mass is 423 g/mol. The Balaban J connectivity index is 1.72. The molecule has 0 unspecified atom stereocenters. The van der Waals surface area contributed by atoms with E-state index >= 15 is 0 Å². The first-order valence-corrected chi connectivity index (χ1v) is 11.6. The second kappa shape index (κ2) is 9.08. The molecule has 2 aromatic rings. The van der Waals surface area contributed by atoms with Crippen molar-refractivity contribution in [2.75, 3.05) is 19.7 Å². The molecule has 0 spiro atoms. The number of hydrogen-bond acceptors (Lipinski definition) is 6. The fourth-order valence-corrected chi connectivity index (χ4v) is 5.22. The van der Waals surface area contributed by atoms with Gasteiger partial charge in [-0.2, -0.15) is 4.31 Å². The molecule has 0 radical (unpaired) electrons. The predicted octanol–water partition coefficient (Wildman–Crippen LogP) is 1.59. The first-order valence-electron chi connectivity index (χ1n) is 10.1. The lowest BCUT2D eigenvalue weighted by Gasteiger charge is -2.29. The maximum atomic E-state index is 12.8. The van der Waals surface area contributed by atoms with Gasteiger partial charge in [0.15, 0.2) is 6.61 Å². The van der Waals surface area contributed by atoms with Gasteiger partial charge in [-0.25, -0.2) is 8.42 Å². The molecule has 1 aromatic heterocycles. The highest BCUT2D eigenvalue weighted by atomic mass is 32.2. The molecule has 1 aliphatic carbocycles. The summed E-state index contributed by atoms with van der Waals surface area (Å²) in [4.78, 5) is 19.0. The van der Waals surface area contributed by atoms with E-state index in [0.717, 1.165) is 24.1 Å². The molecule has 29 heavy (non-hydrogen) atoms. The summed E-state index contributed by atoms with van der Waals surface area (Å²) in [6, 6.07) is 4.73. The van der Waals surface area contributed by atoms with Crippen LogP contribution in [0.2, 0.25) is 0 Å². The zero-order chi connectivity index (χ0) is 21.0. The molecule has 1 fully saturated rings. The summed E-state index contributed by atoms with van der Waals surface area (Å²) in [5.74, 6) is 0.229. The summed E-state index contributed by atoms with van der Waals surface area (Å²) in [7, 11) is -3.61. The van der Waals surface area contributed by atoms with E-state index in [2.05, 4.69) is 22.6 Å². The SMILES string of the molecule is CCN(CC)S(=O)(=O)c1ccc2nnn(OCC(=O)N[C@@H]3CCCC[C@@H]3C)c2c1. The number of rotatable bonds is 8. The Bertz CT molecular complexity index is 955. The molecule has 10 heteroatoms.